The van der Waals surface area contributed by atoms with E-state index in [-0.39, 0.29) is 0 Å². The summed E-state index contributed by atoms with van der Waals surface area (Å²) >= 11 is 0. The Morgan fingerprint density at radius 3 is 0.920 bits per heavy atom. The molecule has 0 saturated heterocycles. The molecule has 0 amide bonds. The minimum atomic E-state index is -7.52. The lowest BCUT2D eigenvalue weighted by Crippen LogP contribution is -2.64. The molecule has 0 atom stereocenters. The lowest BCUT2D eigenvalue weighted by Gasteiger charge is -2.41. The van der Waals surface area contributed by atoms with Crippen molar-refractivity contribution in [2.24, 2.45) is 5.41 Å². The van der Waals surface area contributed by atoms with Crippen LogP contribution in [-0.4, -0.2) is 12.4 Å². The third-order valence-electron chi connectivity index (χ3n) is 3.69. The predicted octanol–water partition coefficient (Wildman–Crippen LogP) is 5.55. The molecule has 142 valence electrons. The molecule has 0 heterocycles. The zero-order valence-corrected chi connectivity index (χ0v) is 10.8. The smallest absolute Gasteiger partial charge is 0.203 e. The zero-order valence-electron chi connectivity index (χ0n) is 10.8. The summed E-state index contributed by atoms with van der Waals surface area (Å²) in [6.45, 7) is 0. The van der Waals surface area contributed by atoms with Crippen LogP contribution in [0, 0.1) is 28.7 Å². The number of hydrogen-bond donors (Lipinski definition) is 0. The molecule has 0 unspecified atom stereocenters. The topological polar surface area (TPSA) is 0 Å². The first-order valence-electron chi connectivity index (χ1n) is 5.65. The maximum Gasteiger partial charge on any atom is 0.415 e. The summed E-state index contributed by atoms with van der Waals surface area (Å²) in [5.41, 5.74) is -14.4. The number of rotatable bonds is 0. The maximum atomic E-state index is 13.9. The SMILES string of the molecule is Fc1c(F)c(F)c2c(c1F)C(F)(F)C(C(F)(F)F)(C(F)(F)F)C2(F)F. The molecule has 14 heteroatoms. The van der Waals surface area contributed by atoms with Crippen LogP contribution in [-0.2, 0) is 11.8 Å². The van der Waals surface area contributed by atoms with E-state index in [0.29, 0.717) is 0 Å². The average molecular weight is 398 g/mol. The van der Waals surface area contributed by atoms with Gasteiger partial charge in [-0.25, -0.2) is 17.6 Å². The van der Waals surface area contributed by atoms with Crippen LogP contribution in [0.15, 0.2) is 0 Å². The van der Waals surface area contributed by atoms with Gasteiger partial charge in [0.15, 0.2) is 23.3 Å². The minimum Gasteiger partial charge on any atom is -0.203 e. The number of fused-ring (bicyclic) bond motifs is 1. The van der Waals surface area contributed by atoms with Gasteiger partial charge in [-0.3, -0.25) is 0 Å². The molecule has 0 bridgehead atoms. The van der Waals surface area contributed by atoms with Gasteiger partial charge in [-0.1, -0.05) is 0 Å². The molecule has 1 aromatic carbocycles. The Balaban J connectivity index is 3.18. The summed E-state index contributed by atoms with van der Waals surface area (Å²) in [6.07, 6.45) is -15.0. The zero-order chi connectivity index (χ0) is 20.0. The van der Waals surface area contributed by atoms with Gasteiger partial charge in [-0.15, -0.1) is 0 Å². The van der Waals surface area contributed by atoms with E-state index in [2.05, 4.69) is 0 Å². The van der Waals surface area contributed by atoms with Crippen molar-refractivity contribution in [2.45, 2.75) is 24.2 Å². The molecule has 1 aromatic rings. The van der Waals surface area contributed by atoms with Gasteiger partial charge in [0.05, 0.1) is 11.1 Å². The fraction of sp³-hybridized carbons (Fsp3) is 0.455. The molecule has 0 N–H and O–H groups in total. The van der Waals surface area contributed by atoms with Crippen molar-refractivity contribution in [3.63, 3.8) is 0 Å². The lowest BCUT2D eigenvalue weighted by molar-refractivity contribution is -0.451. The van der Waals surface area contributed by atoms with E-state index >= 15 is 0 Å². The van der Waals surface area contributed by atoms with Crippen molar-refractivity contribution in [3.05, 3.63) is 34.4 Å². The summed E-state index contributed by atoms with van der Waals surface area (Å²) in [5.74, 6) is -27.4. The Kier molecular flexibility index (Phi) is 3.67. The van der Waals surface area contributed by atoms with Crippen LogP contribution in [0.4, 0.5) is 61.5 Å². The summed E-state index contributed by atoms with van der Waals surface area (Å²) in [4.78, 5) is 0. The number of alkyl halides is 10. The van der Waals surface area contributed by atoms with E-state index in [1.165, 1.54) is 0 Å². The van der Waals surface area contributed by atoms with E-state index < -0.39 is 64.0 Å². The summed E-state index contributed by atoms with van der Waals surface area (Å²) in [5, 5.41) is 0. The molecular weight excluding hydrogens is 398 g/mol. The van der Waals surface area contributed by atoms with Gasteiger partial charge in [0.25, 0.3) is 5.41 Å². The van der Waals surface area contributed by atoms with Crippen LogP contribution in [0.3, 0.4) is 0 Å². The highest BCUT2D eigenvalue weighted by molar-refractivity contribution is 5.48. The lowest BCUT2D eigenvalue weighted by atomic mass is 9.77. The first-order chi connectivity index (χ1) is 10.9. The van der Waals surface area contributed by atoms with Crippen molar-refractivity contribution in [1.82, 2.24) is 0 Å². The van der Waals surface area contributed by atoms with E-state index in [1.54, 1.807) is 0 Å². The summed E-state index contributed by atoms with van der Waals surface area (Å²) < 4.78 is 185. The Bertz CT molecular complexity index is 674. The third-order valence-corrected chi connectivity index (χ3v) is 3.69. The second-order valence-corrected chi connectivity index (χ2v) is 4.90. The van der Waals surface area contributed by atoms with Crippen LogP contribution in [0.1, 0.15) is 11.1 Å². The van der Waals surface area contributed by atoms with Crippen LogP contribution >= 0.6 is 0 Å². The van der Waals surface area contributed by atoms with E-state index in [0.717, 1.165) is 0 Å². The molecule has 25 heavy (non-hydrogen) atoms. The van der Waals surface area contributed by atoms with Gasteiger partial charge in [-0.2, -0.15) is 43.9 Å². The molecule has 0 aliphatic heterocycles. The Morgan fingerprint density at radius 2 is 0.720 bits per heavy atom. The third kappa shape index (κ3) is 1.85. The van der Waals surface area contributed by atoms with Crippen LogP contribution in [0.5, 0.6) is 0 Å². The van der Waals surface area contributed by atoms with E-state index in [9.17, 15) is 61.5 Å². The molecule has 0 radical (unpaired) electrons. The predicted molar refractivity (Wildman–Crippen MR) is 48.6 cm³/mol. The average Bonchev–Trinajstić information content (AvgIpc) is 2.51. The molecule has 1 aliphatic carbocycles. The van der Waals surface area contributed by atoms with Crippen LogP contribution in [0.2, 0.25) is 0 Å². The number of hydrogen-bond acceptors (Lipinski definition) is 0. The highest BCUT2D eigenvalue weighted by Gasteiger charge is 2.96. The van der Waals surface area contributed by atoms with Gasteiger partial charge >= 0.3 is 24.2 Å². The minimum absolute atomic E-state index is 3.27. The molecular formula is C11F14. The van der Waals surface area contributed by atoms with Crippen molar-refractivity contribution < 1.29 is 61.5 Å². The number of benzene rings is 1. The van der Waals surface area contributed by atoms with Crippen LogP contribution in [0.25, 0.3) is 0 Å². The fourth-order valence-corrected chi connectivity index (χ4v) is 2.67. The highest BCUT2D eigenvalue weighted by Crippen LogP contribution is 2.76. The second kappa shape index (κ2) is 4.69. The molecule has 0 nitrogen and oxygen atoms in total. The van der Waals surface area contributed by atoms with Crippen LogP contribution < -0.4 is 0 Å². The van der Waals surface area contributed by atoms with Gasteiger partial charge in [0.2, 0.25) is 0 Å². The summed E-state index contributed by atoms with van der Waals surface area (Å²) in [7, 11) is 0. The van der Waals surface area contributed by atoms with Crippen molar-refractivity contribution >= 4 is 0 Å². The highest BCUT2D eigenvalue weighted by atomic mass is 19.4. The quantitative estimate of drug-likeness (QED) is 0.306. The van der Waals surface area contributed by atoms with Gasteiger partial charge in [0.1, 0.15) is 0 Å². The molecule has 2 rings (SSSR count). The largest absolute Gasteiger partial charge is 0.415 e. The Morgan fingerprint density at radius 1 is 0.480 bits per heavy atom. The molecule has 0 saturated carbocycles. The van der Waals surface area contributed by atoms with Gasteiger partial charge in [-0.05, 0) is 0 Å². The molecule has 0 aromatic heterocycles. The maximum absolute atomic E-state index is 13.9. The second-order valence-electron chi connectivity index (χ2n) is 4.90. The van der Waals surface area contributed by atoms with Crippen molar-refractivity contribution in [3.8, 4) is 0 Å². The molecule has 0 spiro atoms. The van der Waals surface area contributed by atoms with Crippen molar-refractivity contribution in [1.29, 1.82) is 0 Å². The first-order valence-corrected chi connectivity index (χ1v) is 5.65. The van der Waals surface area contributed by atoms with E-state index in [4.69, 9.17) is 0 Å². The van der Waals surface area contributed by atoms with Gasteiger partial charge in [0, 0.05) is 0 Å². The molecule has 0 fully saturated rings. The van der Waals surface area contributed by atoms with Crippen molar-refractivity contribution in [2.75, 3.05) is 0 Å². The number of halogens is 14. The normalized spacial score (nSPS) is 21.4. The standard InChI is InChI=1S/C11F14/c12-3-1-2(4(13)6(15)5(3)14)8(18,19)9(7(1,16)17,10(20,21)22)11(23,24)25. The Labute approximate surface area is 127 Å². The van der Waals surface area contributed by atoms with E-state index in [1.807, 2.05) is 0 Å². The Hall–Kier alpha value is -1.76. The van der Waals surface area contributed by atoms with Gasteiger partial charge < -0.3 is 0 Å². The summed E-state index contributed by atoms with van der Waals surface area (Å²) in [6, 6.07) is 0. The molecule has 1 aliphatic rings. The monoisotopic (exact) mass is 398 g/mol. The fourth-order valence-electron chi connectivity index (χ4n) is 2.67. The first kappa shape index (κ1) is 19.6.